The summed E-state index contributed by atoms with van der Waals surface area (Å²) < 4.78 is 25.0. The van der Waals surface area contributed by atoms with Crippen molar-refractivity contribution in [1.29, 1.82) is 0 Å². The highest BCUT2D eigenvalue weighted by atomic mass is 32.2. The lowest BCUT2D eigenvalue weighted by molar-refractivity contribution is -0.123. The number of halogens is 1. The second-order valence-electron chi connectivity index (χ2n) is 7.98. The van der Waals surface area contributed by atoms with Crippen LogP contribution in [0.4, 0.5) is 14.9 Å². The molecule has 0 atom stereocenters. The van der Waals surface area contributed by atoms with Crippen LogP contribution in [0.1, 0.15) is 16.7 Å². The van der Waals surface area contributed by atoms with Gasteiger partial charge in [-0.3, -0.25) is 19.3 Å². The van der Waals surface area contributed by atoms with E-state index in [2.05, 4.69) is 5.32 Å². The van der Waals surface area contributed by atoms with Gasteiger partial charge in [0, 0.05) is 11.3 Å². The van der Waals surface area contributed by atoms with E-state index in [1.807, 2.05) is 25.1 Å². The van der Waals surface area contributed by atoms with Crippen molar-refractivity contribution >= 4 is 40.6 Å². The van der Waals surface area contributed by atoms with Crippen LogP contribution >= 0.6 is 11.8 Å². The van der Waals surface area contributed by atoms with E-state index in [1.54, 1.807) is 42.5 Å². The van der Waals surface area contributed by atoms with Crippen LogP contribution < -0.4 is 14.8 Å². The van der Waals surface area contributed by atoms with Gasteiger partial charge in [-0.15, -0.1) is 0 Å². The van der Waals surface area contributed by atoms with Crippen molar-refractivity contribution in [2.24, 2.45) is 0 Å². The van der Waals surface area contributed by atoms with Crippen LogP contribution in [-0.4, -0.2) is 35.7 Å². The third kappa shape index (κ3) is 5.92. The van der Waals surface area contributed by atoms with Crippen molar-refractivity contribution in [3.8, 4) is 11.5 Å². The van der Waals surface area contributed by atoms with Gasteiger partial charge in [0.2, 0.25) is 0 Å². The summed E-state index contributed by atoms with van der Waals surface area (Å²) in [6.45, 7) is 1.57. The number of hydrogen-bond donors (Lipinski definition) is 1. The standard InChI is InChI=1S/C27H23FN2O5S/c1-17-6-5-8-20(12-17)29-25(31)16-35-22-11-10-18(13-23(22)34-2)14-24-26(32)30(27(33)36-24)15-19-7-3-4-9-21(19)28/h3-14H,15-16H2,1-2H3,(H,29,31)/b24-14+. The van der Waals surface area contributed by atoms with Crippen molar-refractivity contribution in [1.82, 2.24) is 4.90 Å². The number of thioether (sulfide) groups is 1. The molecular weight excluding hydrogens is 483 g/mol. The summed E-state index contributed by atoms with van der Waals surface area (Å²) in [5, 5.41) is 2.30. The molecule has 9 heteroatoms. The number of nitrogens with one attached hydrogen (secondary N) is 1. The van der Waals surface area contributed by atoms with Crippen molar-refractivity contribution in [2.45, 2.75) is 13.5 Å². The Hall–Kier alpha value is -4.11. The predicted octanol–water partition coefficient (Wildman–Crippen LogP) is 5.40. The number of aryl methyl sites for hydroxylation is 1. The molecule has 3 aromatic rings. The second kappa shape index (κ2) is 11.1. The van der Waals surface area contributed by atoms with Gasteiger partial charge in [-0.25, -0.2) is 4.39 Å². The largest absolute Gasteiger partial charge is 0.493 e. The minimum absolute atomic E-state index is 0.143. The molecule has 0 aliphatic carbocycles. The molecule has 1 N–H and O–H groups in total. The average Bonchev–Trinajstić information content (AvgIpc) is 3.11. The summed E-state index contributed by atoms with van der Waals surface area (Å²) in [5.41, 5.74) is 2.56. The smallest absolute Gasteiger partial charge is 0.293 e. The maximum atomic E-state index is 14.0. The van der Waals surface area contributed by atoms with Gasteiger partial charge in [0.1, 0.15) is 5.82 Å². The molecule has 0 radical (unpaired) electrons. The Bertz CT molecular complexity index is 1360. The van der Waals surface area contributed by atoms with Crippen LogP contribution in [-0.2, 0) is 16.1 Å². The van der Waals surface area contributed by atoms with Crippen LogP contribution in [0.5, 0.6) is 11.5 Å². The van der Waals surface area contributed by atoms with Crippen LogP contribution in [0.15, 0.2) is 71.6 Å². The molecule has 0 bridgehead atoms. The highest BCUT2D eigenvalue weighted by Gasteiger charge is 2.35. The molecule has 0 aromatic heterocycles. The van der Waals surface area contributed by atoms with E-state index in [9.17, 15) is 18.8 Å². The Morgan fingerprint density at radius 3 is 2.61 bits per heavy atom. The Balaban J connectivity index is 1.43. The topological polar surface area (TPSA) is 84.9 Å². The number of amides is 3. The molecule has 0 saturated carbocycles. The highest BCUT2D eigenvalue weighted by Crippen LogP contribution is 2.35. The number of anilines is 1. The fraction of sp³-hybridized carbons (Fsp3) is 0.148. The van der Waals surface area contributed by atoms with E-state index in [1.165, 1.54) is 19.2 Å². The molecule has 184 valence electrons. The van der Waals surface area contributed by atoms with Crippen molar-refractivity contribution < 1.29 is 28.2 Å². The lowest BCUT2D eigenvalue weighted by Crippen LogP contribution is -2.27. The number of ether oxygens (including phenoxy) is 2. The fourth-order valence-electron chi connectivity index (χ4n) is 3.54. The molecule has 3 aromatic carbocycles. The highest BCUT2D eigenvalue weighted by molar-refractivity contribution is 8.18. The van der Waals surface area contributed by atoms with Crippen LogP contribution in [0.2, 0.25) is 0 Å². The van der Waals surface area contributed by atoms with E-state index in [0.717, 1.165) is 22.2 Å². The van der Waals surface area contributed by atoms with Gasteiger partial charge in [0.15, 0.2) is 18.1 Å². The quantitative estimate of drug-likeness (QED) is 0.412. The molecule has 1 saturated heterocycles. The number of hydrogen-bond acceptors (Lipinski definition) is 6. The molecule has 1 fully saturated rings. The third-order valence-corrected chi connectivity index (χ3v) is 6.21. The first-order chi connectivity index (χ1) is 17.3. The summed E-state index contributed by atoms with van der Waals surface area (Å²) >= 11 is 0.787. The number of carbonyl (C=O) groups is 3. The first-order valence-corrected chi connectivity index (χ1v) is 11.8. The summed E-state index contributed by atoms with van der Waals surface area (Å²) in [6.07, 6.45) is 1.56. The molecule has 36 heavy (non-hydrogen) atoms. The lowest BCUT2D eigenvalue weighted by Gasteiger charge is -2.13. The number of benzene rings is 3. The van der Waals surface area contributed by atoms with Gasteiger partial charge in [-0.05, 0) is 66.2 Å². The molecule has 1 aliphatic heterocycles. The van der Waals surface area contributed by atoms with Gasteiger partial charge in [-0.1, -0.05) is 36.4 Å². The zero-order chi connectivity index (χ0) is 25.7. The first kappa shape index (κ1) is 25.0. The number of nitrogens with zero attached hydrogens (tertiary/aromatic N) is 1. The van der Waals surface area contributed by atoms with Gasteiger partial charge in [-0.2, -0.15) is 0 Å². The van der Waals surface area contributed by atoms with Gasteiger partial charge >= 0.3 is 0 Å². The lowest BCUT2D eigenvalue weighted by atomic mass is 10.1. The molecule has 4 rings (SSSR count). The number of imide groups is 1. The minimum atomic E-state index is -0.500. The number of methoxy groups -OCH3 is 1. The Kier molecular flexibility index (Phi) is 7.70. The maximum Gasteiger partial charge on any atom is 0.293 e. The van der Waals surface area contributed by atoms with Gasteiger partial charge in [0.25, 0.3) is 17.1 Å². The zero-order valence-electron chi connectivity index (χ0n) is 19.6. The second-order valence-corrected chi connectivity index (χ2v) is 8.97. The molecule has 7 nitrogen and oxygen atoms in total. The summed E-state index contributed by atoms with van der Waals surface area (Å²) in [5.74, 6) is -0.594. The Labute approximate surface area is 211 Å². The van der Waals surface area contributed by atoms with E-state index >= 15 is 0 Å². The molecule has 1 aliphatic rings. The van der Waals surface area contributed by atoms with E-state index < -0.39 is 17.0 Å². The summed E-state index contributed by atoms with van der Waals surface area (Å²) in [4.78, 5) is 38.7. The van der Waals surface area contributed by atoms with Gasteiger partial charge < -0.3 is 14.8 Å². The van der Waals surface area contributed by atoms with E-state index in [0.29, 0.717) is 22.7 Å². The number of carbonyl (C=O) groups excluding carboxylic acids is 3. The van der Waals surface area contributed by atoms with Crippen LogP contribution in [0.3, 0.4) is 0 Å². The summed E-state index contributed by atoms with van der Waals surface area (Å²) in [6, 6.07) is 18.4. The number of rotatable bonds is 8. The monoisotopic (exact) mass is 506 g/mol. The van der Waals surface area contributed by atoms with Crippen LogP contribution in [0, 0.1) is 12.7 Å². The molecule has 0 unspecified atom stereocenters. The molecular formula is C27H23FN2O5S. The minimum Gasteiger partial charge on any atom is -0.493 e. The molecule has 3 amide bonds. The van der Waals surface area contributed by atoms with E-state index in [-0.39, 0.29) is 29.5 Å². The fourth-order valence-corrected chi connectivity index (χ4v) is 4.38. The average molecular weight is 507 g/mol. The third-order valence-electron chi connectivity index (χ3n) is 5.31. The van der Waals surface area contributed by atoms with Gasteiger partial charge in [0.05, 0.1) is 18.6 Å². The van der Waals surface area contributed by atoms with E-state index in [4.69, 9.17) is 9.47 Å². The van der Waals surface area contributed by atoms with Crippen molar-refractivity contribution in [3.63, 3.8) is 0 Å². The predicted molar refractivity (Wildman–Crippen MR) is 136 cm³/mol. The van der Waals surface area contributed by atoms with Crippen molar-refractivity contribution in [2.75, 3.05) is 19.0 Å². The maximum absolute atomic E-state index is 14.0. The Morgan fingerprint density at radius 2 is 1.86 bits per heavy atom. The molecule has 0 spiro atoms. The van der Waals surface area contributed by atoms with Crippen molar-refractivity contribution in [3.05, 3.63) is 94.1 Å². The first-order valence-electron chi connectivity index (χ1n) is 11.0. The Morgan fingerprint density at radius 1 is 1.06 bits per heavy atom. The summed E-state index contributed by atoms with van der Waals surface area (Å²) in [7, 11) is 1.46. The SMILES string of the molecule is COc1cc(/C=C2/SC(=O)N(Cc3ccccc3F)C2=O)ccc1OCC(=O)Nc1cccc(C)c1. The zero-order valence-corrected chi connectivity index (χ0v) is 20.4. The van der Waals surface area contributed by atoms with Crippen LogP contribution in [0.25, 0.3) is 6.08 Å². The normalized spacial score (nSPS) is 14.3. The molecule has 1 heterocycles.